The molecular formula is C14H13ClO2S. The first-order valence-electron chi connectivity index (χ1n) is 5.65. The van der Waals surface area contributed by atoms with Gasteiger partial charge in [0.15, 0.2) is 0 Å². The van der Waals surface area contributed by atoms with E-state index in [1.165, 1.54) is 11.3 Å². The van der Waals surface area contributed by atoms with Crippen molar-refractivity contribution in [2.24, 2.45) is 0 Å². The zero-order chi connectivity index (χ0) is 13.0. The second-order valence-corrected chi connectivity index (χ2v) is 5.79. The first kappa shape index (κ1) is 13.1. The molecule has 0 spiro atoms. The molecule has 1 aromatic heterocycles. The molecule has 0 aliphatic rings. The minimum Gasteiger partial charge on any atom is -0.459 e. The number of rotatable bonds is 4. The molecule has 0 saturated carbocycles. The zero-order valence-corrected chi connectivity index (χ0v) is 11.5. The van der Waals surface area contributed by atoms with Crippen LogP contribution in [0.25, 0.3) is 0 Å². The Morgan fingerprint density at radius 2 is 2.00 bits per heavy atom. The van der Waals surface area contributed by atoms with E-state index in [0.29, 0.717) is 12.0 Å². The fourth-order valence-electron chi connectivity index (χ4n) is 1.61. The molecule has 0 aliphatic carbocycles. The summed E-state index contributed by atoms with van der Waals surface area (Å²) in [6.07, 6.45) is 0.531. The summed E-state index contributed by atoms with van der Waals surface area (Å²) in [6, 6.07) is 12.8. The Morgan fingerprint density at radius 3 is 2.61 bits per heavy atom. The maximum Gasteiger partial charge on any atom is 0.338 e. The molecule has 1 heterocycles. The molecule has 0 aliphatic heterocycles. The summed E-state index contributed by atoms with van der Waals surface area (Å²) >= 11 is 7.37. The molecule has 18 heavy (non-hydrogen) atoms. The third kappa shape index (κ3) is 3.59. The van der Waals surface area contributed by atoms with E-state index < -0.39 is 0 Å². The highest BCUT2D eigenvalue weighted by molar-refractivity contribution is 7.16. The Labute approximate surface area is 115 Å². The van der Waals surface area contributed by atoms with Crippen molar-refractivity contribution in [3.63, 3.8) is 0 Å². The molecule has 0 amide bonds. The van der Waals surface area contributed by atoms with Crippen LogP contribution in [0.3, 0.4) is 0 Å². The second kappa shape index (κ2) is 6.03. The van der Waals surface area contributed by atoms with E-state index in [-0.39, 0.29) is 12.1 Å². The van der Waals surface area contributed by atoms with Gasteiger partial charge in [0.25, 0.3) is 0 Å². The Bertz CT molecular complexity index is 522. The van der Waals surface area contributed by atoms with Crippen molar-refractivity contribution in [1.82, 2.24) is 0 Å². The van der Waals surface area contributed by atoms with Crippen molar-refractivity contribution >= 4 is 28.9 Å². The normalized spacial score (nSPS) is 12.1. The monoisotopic (exact) mass is 280 g/mol. The summed E-state index contributed by atoms with van der Waals surface area (Å²) in [7, 11) is 0. The smallest absolute Gasteiger partial charge is 0.338 e. The van der Waals surface area contributed by atoms with Crippen LogP contribution in [0.5, 0.6) is 0 Å². The molecule has 4 heteroatoms. The van der Waals surface area contributed by atoms with Crippen molar-refractivity contribution in [2.45, 2.75) is 19.4 Å². The highest BCUT2D eigenvalue weighted by Crippen LogP contribution is 2.23. The highest BCUT2D eigenvalue weighted by Gasteiger charge is 2.12. The summed E-state index contributed by atoms with van der Waals surface area (Å²) in [5.74, 6) is -0.286. The molecule has 0 saturated heterocycles. The van der Waals surface area contributed by atoms with Crippen molar-refractivity contribution in [3.05, 3.63) is 57.2 Å². The Kier molecular flexibility index (Phi) is 4.39. The number of benzene rings is 1. The van der Waals surface area contributed by atoms with E-state index in [9.17, 15) is 4.79 Å². The van der Waals surface area contributed by atoms with Gasteiger partial charge in [-0.3, -0.25) is 0 Å². The van der Waals surface area contributed by atoms with Gasteiger partial charge >= 0.3 is 5.97 Å². The van der Waals surface area contributed by atoms with Crippen LogP contribution >= 0.6 is 22.9 Å². The van der Waals surface area contributed by atoms with Gasteiger partial charge in [-0.25, -0.2) is 4.79 Å². The number of carbonyl (C=O) groups is 1. The third-order valence-corrected chi connectivity index (χ3v) is 3.69. The van der Waals surface area contributed by atoms with Gasteiger partial charge in [0, 0.05) is 11.3 Å². The molecule has 2 nitrogen and oxygen atoms in total. The lowest BCUT2D eigenvalue weighted by Crippen LogP contribution is -2.16. The van der Waals surface area contributed by atoms with Gasteiger partial charge in [-0.05, 0) is 31.2 Å². The lowest BCUT2D eigenvalue weighted by atomic mass is 10.2. The zero-order valence-electron chi connectivity index (χ0n) is 9.93. The molecule has 2 aromatic rings. The van der Waals surface area contributed by atoms with Gasteiger partial charge in [0.2, 0.25) is 0 Å². The van der Waals surface area contributed by atoms with Crippen LogP contribution in [0.2, 0.25) is 4.34 Å². The minimum atomic E-state index is -0.286. The first-order valence-corrected chi connectivity index (χ1v) is 6.85. The van der Waals surface area contributed by atoms with Gasteiger partial charge in [0.1, 0.15) is 6.10 Å². The maximum atomic E-state index is 11.8. The van der Waals surface area contributed by atoms with Crippen molar-refractivity contribution in [3.8, 4) is 0 Å². The Morgan fingerprint density at radius 1 is 1.28 bits per heavy atom. The number of hydrogen-bond donors (Lipinski definition) is 0. The number of halogens is 1. The van der Waals surface area contributed by atoms with Gasteiger partial charge < -0.3 is 4.74 Å². The molecule has 94 valence electrons. The molecule has 1 atom stereocenters. The SMILES string of the molecule is CC(Cc1ccc(Cl)s1)OC(=O)c1ccccc1. The Hall–Kier alpha value is -1.32. The molecule has 2 rings (SSSR count). The number of ether oxygens (including phenoxy) is 1. The number of esters is 1. The van der Waals surface area contributed by atoms with E-state index >= 15 is 0 Å². The van der Waals surface area contributed by atoms with Gasteiger partial charge in [-0.15, -0.1) is 11.3 Å². The number of carbonyl (C=O) groups excluding carboxylic acids is 1. The fourth-order valence-corrected chi connectivity index (χ4v) is 2.81. The van der Waals surface area contributed by atoms with Crippen molar-refractivity contribution in [2.75, 3.05) is 0 Å². The molecule has 1 unspecified atom stereocenters. The summed E-state index contributed by atoms with van der Waals surface area (Å²) in [5.41, 5.74) is 0.577. The van der Waals surface area contributed by atoms with Gasteiger partial charge in [0.05, 0.1) is 9.90 Å². The summed E-state index contributed by atoms with van der Waals surface area (Å²) < 4.78 is 6.13. The van der Waals surface area contributed by atoms with Gasteiger partial charge in [-0.1, -0.05) is 29.8 Å². The maximum absolute atomic E-state index is 11.8. The average Bonchev–Trinajstić information content (AvgIpc) is 2.75. The summed E-state index contributed by atoms with van der Waals surface area (Å²) in [5, 5.41) is 0. The molecule has 0 bridgehead atoms. The van der Waals surface area contributed by atoms with Crippen LogP contribution in [-0.2, 0) is 11.2 Å². The van der Waals surface area contributed by atoms with Crippen molar-refractivity contribution < 1.29 is 9.53 Å². The molecule has 0 radical (unpaired) electrons. The molecule has 0 N–H and O–H groups in total. The molecule has 0 fully saturated rings. The van der Waals surface area contributed by atoms with Crippen LogP contribution in [0.1, 0.15) is 22.2 Å². The topological polar surface area (TPSA) is 26.3 Å². The lowest BCUT2D eigenvalue weighted by molar-refractivity contribution is 0.0344. The van der Waals surface area contributed by atoms with Crippen LogP contribution < -0.4 is 0 Å². The van der Waals surface area contributed by atoms with E-state index in [1.807, 2.05) is 37.3 Å². The summed E-state index contributed by atoms with van der Waals surface area (Å²) in [4.78, 5) is 12.9. The molecular weight excluding hydrogens is 268 g/mol. The van der Waals surface area contributed by atoms with E-state index in [0.717, 1.165) is 9.21 Å². The highest BCUT2D eigenvalue weighted by atomic mass is 35.5. The predicted molar refractivity (Wildman–Crippen MR) is 74.4 cm³/mol. The first-order chi connectivity index (χ1) is 8.65. The largest absolute Gasteiger partial charge is 0.459 e. The quantitative estimate of drug-likeness (QED) is 0.785. The second-order valence-electron chi connectivity index (χ2n) is 3.99. The fraction of sp³-hybridized carbons (Fsp3) is 0.214. The number of thiophene rings is 1. The van der Waals surface area contributed by atoms with E-state index in [4.69, 9.17) is 16.3 Å². The van der Waals surface area contributed by atoms with Crippen LogP contribution in [0, 0.1) is 0 Å². The van der Waals surface area contributed by atoms with E-state index in [1.54, 1.807) is 12.1 Å². The average molecular weight is 281 g/mol. The van der Waals surface area contributed by atoms with Crippen LogP contribution in [0.4, 0.5) is 0 Å². The third-order valence-electron chi connectivity index (χ3n) is 2.44. The number of hydrogen-bond acceptors (Lipinski definition) is 3. The Balaban J connectivity index is 1.91. The lowest BCUT2D eigenvalue weighted by Gasteiger charge is -2.12. The van der Waals surface area contributed by atoms with Crippen molar-refractivity contribution in [1.29, 1.82) is 0 Å². The predicted octanol–water partition coefficient (Wildman–Crippen LogP) is 4.19. The molecule has 1 aromatic carbocycles. The standard InChI is InChI=1S/C14H13ClO2S/c1-10(9-12-7-8-13(15)18-12)17-14(16)11-5-3-2-4-6-11/h2-8,10H,9H2,1H3. The van der Waals surface area contributed by atoms with E-state index in [2.05, 4.69) is 0 Å². The van der Waals surface area contributed by atoms with Crippen LogP contribution in [-0.4, -0.2) is 12.1 Å². The minimum absolute atomic E-state index is 0.160. The summed E-state index contributed by atoms with van der Waals surface area (Å²) in [6.45, 7) is 1.88. The van der Waals surface area contributed by atoms with Gasteiger partial charge in [-0.2, -0.15) is 0 Å². The van der Waals surface area contributed by atoms with Crippen LogP contribution in [0.15, 0.2) is 42.5 Å².